The van der Waals surface area contributed by atoms with Crippen molar-refractivity contribution in [2.24, 2.45) is 5.41 Å². The fourth-order valence-electron chi connectivity index (χ4n) is 2.60. The van der Waals surface area contributed by atoms with Gasteiger partial charge in [0.25, 0.3) is 0 Å². The normalized spacial score (nSPS) is 21.8. The summed E-state index contributed by atoms with van der Waals surface area (Å²) in [6.07, 6.45) is 3.31. The molecule has 0 saturated heterocycles. The topological polar surface area (TPSA) is 49.3 Å². The third kappa shape index (κ3) is 2.96. The van der Waals surface area contributed by atoms with E-state index in [9.17, 15) is 4.79 Å². The maximum absolute atomic E-state index is 11.2. The largest absolute Gasteiger partial charge is 0.478 e. The first-order chi connectivity index (χ1) is 8.37. The molecule has 1 atom stereocenters. The van der Waals surface area contributed by atoms with E-state index in [2.05, 4.69) is 19.2 Å². The average Bonchev–Trinajstić information content (AvgIpc) is 2.60. The lowest BCUT2D eigenvalue weighted by Crippen LogP contribution is -2.19. The summed E-state index contributed by atoms with van der Waals surface area (Å²) < 4.78 is 0. The first-order valence-electron chi connectivity index (χ1n) is 6.17. The van der Waals surface area contributed by atoms with Crippen LogP contribution < -0.4 is 5.32 Å². The predicted molar refractivity (Wildman–Crippen MR) is 73.5 cm³/mol. The van der Waals surface area contributed by atoms with E-state index in [0.717, 1.165) is 12.8 Å². The molecule has 0 amide bonds. The van der Waals surface area contributed by atoms with Crippen LogP contribution in [-0.2, 0) is 0 Å². The number of hydrogen-bond donors (Lipinski definition) is 2. The van der Waals surface area contributed by atoms with Crippen molar-refractivity contribution in [1.82, 2.24) is 0 Å². The number of anilines is 1. The van der Waals surface area contributed by atoms with Crippen LogP contribution in [0.2, 0.25) is 5.02 Å². The summed E-state index contributed by atoms with van der Waals surface area (Å²) in [6.45, 7) is 4.49. The van der Waals surface area contributed by atoms with Crippen LogP contribution in [0.25, 0.3) is 0 Å². The lowest BCUT2D eigenvalue weighted by atomic mass is 9.92. The second kappa shape index (κ2) is 4.81. The highest BCUT2D eigenvalue weighted by atomic mass is 35.5. The van der Waals surface area contributed by atoms with E-state index in [1.165, 1.54) is 12.5 Å². The summed E-state index contributed by atoms with van der Waals surface area (Å²) >= 11 is 5.83. The summed E-state index contributed by atoms with van der Waals surface area (Å²) in [7, 11) is 0. The van der Waals surface area contributed by atoms with Gasteiger partial charge in [-0.1, -0.05) is 25.4 Å². The molecule has 0 bridgehead atoms. The number of benzene rings is 1. The van der Waals surface area contributed by atoms with Gasteiger partial charge < -0.3 is 10.4 Å². The number of nitrogens with one attached hydrogen (secondary N) is 1. The van der Waals surface area contributed by atoms with Crippen LogP contribution in [0.15, 0.2) is 18.2 Å². The summed E-state index contributed by atoms with van der Waals surface area (Å²) in [6, 6.07) is 5.30. The molecule has 2 N–H and O–H groups in total. The molecule has 0 heterocycles. The van der Waals surface area contributed by atoms with Gasteiger partial charge in [0, 0.05) is 16.8 Å². The van der Waals surface area contributed by atoms with Gasteiger partial charge in [0.2, 0.25) is 0 Å². The zero-order valence-corrected chi connectivity index (χ0v) is 11.4. The van der Waals surface area contributed by atoms with Gasteiger partial charge in [-0.3, -0.25) is 0 Å². The van der Waals surface area contributed by atoms with Crippen LogP contribution in [0, 0.1) is 5.41 Å². The number of carboxylic acids is 1. The van der Waals surface area contributed by atoms with Crippen molar-refractivity contribution in [2.75, 3.05) is 5.32 Å². The predicted octanol–water partition coefficient (Wildman–Crippen LogP) is 4.03. The first kappa shape index (κ1) is 13.2. The van der Waals surface area contributed by atoms with E-state index in [1.54, 1.807) is 12.1 Å². The van der Waals surface area contributed by atoms with Gasteiger partial charge >= 0.3 is 5.97 Å². The quantitative estimate of drug-likeness (QED) is 0.869. The standard InChI is InChI=1S/C14H18ClNO2/c1-14(2)6-5-10(8-14)16-12-4-3-9(15)7-11(12)13(17)18/h3-4,7,10,16H,5-6,8H2,1-2H3,(H,17,18). The van der Waals surface area contributed by atoms with Crippen molar-refractivity contribution in [3.63, 3.8) is 0 Å². The minimum Gasteiger partial charge on any atom is -0.478 e. The van der Waals surface area contributed by atoms with Crippen LogP contribution in [0.5, 0.6) is 0 Å². The van der Waals surface area contributed by atoms with Gasteiger partial charge in [-0.15, -0.1) is 0 Å². The molecular weight excluding hydrogens is 250 g/mol. The number of hydrogen-bond acceptors (Lipinski definition) is 2. The van der Waals surface area contributed by atoms with E-state index in [1.807, 2.05) is 0 Å². The van der Waals surface area contributed by atoms with Crippen molar-refractivity contribution in [3.8, 4) is 0 Å². The molecule has 98 valence electrons. The van der Waals surface area contributed by atoms with Gasteiger partial charge in [-0.2, -0.15) is 0 Å². The molecule has 0 spiro atoms. The maximum atomic E-state index is 11.2. The highest BCUT2D eigenvalue weighted by molar-refractivity contribution is 6.31. The SMILES string of the molecule is CC1(C)CCC(Nc2ccc(Cl)cc2C(=O)O)C1. The Morgan fingerprint density at radius 2 is 2.22 bits per heavy atom. The minimum absolute atomic E-state index is 0.243. The number of carboxylic acid groups (broad SMARTS) is 1. The van der Waals surface area contributed by atoms with Gasteiger partial charge in [0.15, 0.2) is 0 Å². The highest BCUT2D eigenvalue weighted by Gasteiger charge is 2.31. The lowest BCUT2D eigenvalue weighted by molar-refractivity contribution is 0.0698. The van der Waals surface area contributed by atoms with E-state index in [4.69, 9.17) is 16.7 Å². The molecule has 2 rings (SSSR count). The van der Waals surface area contributed by atoms with Gasteiger partial charge in [0.1, 0.15) is 0 Å². The molecule has 0 aliphatic heterocycles. The Balaban J connectivity index is 2.17. The third-order valence-electron chi connectivity index (χ3n) is 3.54. The molecular formula is C14H18ClNO2. The summed E-state index contributed by atoms with van der Waals surface area (Å²) in [5.74, 6) is -0.947. The number of halogens is 1. The van der Waals surface area contributed by atoms with Crippen LogP contribution in [0.4, 0.5) is 5.69 Å². The van der Waals surface area contributed by atoms with Crippen molar-refractivity contribution < 1.29 is 9.90 Å². The van der Waals surface area contributed by atoms with Crippen LogP contribution >= 0.6 is 11.6 Å². The van der Waals surface area contributed by atoms with E-state index in [0.29, 0.717) is 22.2 Å². The fourth-order valence-corrected chi connectivity index (χ4v) is 2.77. The van der Waals surface area contributed by atoms with E-state index in [-0.39, 0.29) is 5.56 Å². The Morgan fingerprint density at radius 1 is 1.50 bits per heavy atom. The smallest absolute Gasteiger partial charge is 0.337 e. The summed E-state index contributed by atoms with van der Waals surface area (Å²) in [4.78, 5) is 11.2. The average molecular weight is 268 g/mol. The summed E-state index contributed by atoms with van der Waals surface area (Å²) in [5, 5.41) is 13.0. The van der Waals surface area contributed by atoms with Crippen molar-refractivity contribution in [2.45, 2.75) is 39.2 Å². The van der Waals surface area contributed by atoms with E-state index < -0.39 is 5.97 Å². The molecule has 1 aromatic rings. The molecule has 18 heavy (non-hydrogen) atoms. The Kier molecular flexibility index (Phi) is 3.53. The zero-order chi connectivity index (χ0) is 13.3. The molecule has 3 nitrogen and oxygen atoms in total. The fraction of sp³-hybridized carbons (Fsp3) is 0.500. The van der Waals surface area contributed by atoms with Gasteiger partial charge in [0.05, 0.1) is 5.56 Å². The second-order valence-corrected chi connectivity index (χ2v) is 6.18. The Bertz CT molecular complexity index is 471. The minimum atomic E-state index is -0.947. The summed E-state index contributed by atoms with van der Waals surface area (Å²) in [5.41, 5.74) is 1.25. The van der Waals surface area contributed by atoms with Crippen molar-refractivity contribution in [3.05, 3.63) is 28.8 Å². The first-order valence-corrected chi connectivity index (χ1v) is 6.54. The molecule has 1 saturated carbocycles. The lowest BCUT2D eigenvalue weighted by Gasteiger charge is -2.19. The van der Waals surface area contributed by atoms with Crippen LogP contribution in [-0.4, -0.2) is 17.1 Å². The molecule has 1 aliphatic carbocycles. The second-order valence-electron chi connectivity index (χ2n) is 5.74. The Labute approximate surface area is 112 Å². The van der Waals surface area contributed by atoms with E-state index >= 15 is 0 Å². The highest BCUT2D eigenvalue weighted by Crippen LogP contribution is 2.38. The molecule has 0 aromatic heterocycles. The molecule has 1 unspecified atom stereocenters. The molecule has 1 aliphatic rings. The molecule has 4 heteroatoms. The van der Waals surface area contributed by atoms with Gasteiger partial charge in [-0.05, 0) is 42.9 Å². The Morgan fingerprint density at radius 3 is 2.78 bits per heavy atom. The zero-order valence-electron chi connectivity index (χ0n) is 10.7. The number of rotatable bonds is 3. The van der Waals surface area contributed by atoms with Crippen LogP contribution in [0.3, 0.4) is 0 Å². The molecule has 1 fully saturated rings. The Hall–Kier alpha value is -1.22. The van der Waals surface area contributed by atoms with Crippen molar-refractivity contribution in [1.29, 1.82) is 0 Å². The third-order valence-corrected chi connectivity index (χ3v) is 3.78. The number of carbonyl (C=O) groups is 1. The van der Waals surface area contributed by atoms with Crippen molar-refractivity contribution >= 4 is 23.3 Å². The maximum Gasteiger partial charge on any atom is 0.337 e. The monoisotopic (exact) mass is 267 g/mol. The van der Waals surface area contributed by atoms with Crippen LogP contribution in [0.1, 0.15) is 43.5 Å². The van der Waals surface area contributed by atoms with Gasteiger partial charge in [-0.25, -0.2) is 4.79 Å². The number of aromatic carboxylic acids is 1. The molecule has 1 aromatic carbocycles. The molecule has 0 radical (unpaired) electrons.